The first-order chi connectivity index (χ1) is 5.55. The van der Waals surface area contributed by atoms with Crippen LogP contribution in [0, 0.1) is 0 Å². The minimum Gasteiger partial charge on any atom is -0.475 e. The maximum Gasteiger partial charge on any atom is 0.265 e. The van der Waals surface area contributed by atoms with Gasteiger partial charge in [-0.25, -0.2) is 8.42 Å². The van der Waals surface area contributed by atoms with Gasteiger partial charge in [0.25, 0.3) is 5.88 Å². The van der Waals surface area contributed by atoms with Crippen molar-refractivity contribution >= 4 is 21.6 Å². The van der Waals surface area contributed by atoms with Crippen LogP contribution in [-0.4, -0.2) is 30.0 Å². The number of hydrogen-bond acceptors (Lipinski definition) is 6. The Morgan fingerprint density at radius 1 is 1.50 bits per heavy atom. The van der Waals surface area contributed by atoms with Crippen LogP contribution < -0.4 is 4.74 Å². The lowest BCUT2D eigenvalue weighted by atomic mass is 10.8. The van der Waals surface area contributed by atoms with Crippen molar-refractivity contribution in [3.8, 4) is 5.88 Å². The summed E-state index contributed by atoms with van der Waals surface area (Å²) in [5.41, 5.74) is 0. The zero-order valence-electron chi connectivity index (χ0n) is 6.64. The third-order valence-electron chi connectivity index (χ3n) is 1.06. The second kappa shape index (κ2) is 3.36. The van der Waals surface area contributed by atoms with Gasteiger partial charge < -0.3 is 4.74 Å². The number of sulfone groups is 1. The SMILES string of the molecule is CCOc1nsnc1S(C)(=O)=O. The van der Waals surface area contributed by atoms with E-state index in [9.17, 15) is 8.42 Å². The van der Waals surface area contributed by atoms with Crippen LogP contribution in [0.5, 0.6) is 5.88 Å². The van der Waals surface area contributed by atoms with Gasteiger partial charge in [-0.05, 0) is 6.92 Å². The number of nitrogens with zero attached hydrogens (tertiary/aromatic N) is 2. The first-order valence-electron chi connectivity index (χ1n) is 3.21. The summed E-state index contributed by atoms with van der Waals surface area (Å²) in [6.07, 6.45) is 1.08. The quantitative estimate of drug-likeness (QED) is 0.716. The highest BCUT2D eigenvalue weighted by Crippen LogP contribution is 2.19. The van der Waals surface area contributed by atoms with Crippen molar-refractivity contribution in [3.63, 3.8) is 0 Å². The molecule has 0 saturated heterocycles. The molecule has 7 heteroatoms. The Kier molecular flexibility index (Phi) is 2.63. The largest absolute Gasteiger partial charge is 0.475 e. The van der Waals surface area contributed by atoms with Crippen LogP contribution in [0.2, 0.25) is 0 Å². The minimum atomic E-state index is -3.30. The summed E-state index contributed by atoms with van der Waals surface area (Å²) in [5, 5.41) is -0.0747. The molecule has 0 fully saturated rings. The van der Waals surface area contributed by atoms with Gasteiger partial charge in [0, 0.05) is 6.26 Å². The zero-order valence-corrected chi connectivity index (χ0v) is 8.28. The monoisotopic (exact) mass is 208 g/mol. The molecule has 0 atom stereocenters. The van der Waals surface area contributed by atoms with E-state index in [1.165, 1.54) is 0 Å². The van der Waals surface area contributed by atoms with Crippen LogP contribution in [0.4, 0.5) is 0 Å². The van der Waals surface area contributed by atoms with E-state index in [1.807, 2.05) is 0 Å². The highest BCUT2D eigenvalue weighted by molar-refractivity contribution is 7.90. The van der Waals surface area contributed by atoms with Gasteiger partial charge in [0.1, 0.15) is 0 Å². The topological polar surface area (TPSA) is 69.2 Å². The van der Waals surface area contributed by atoms with Crippen LogP contribution >= 0.6 is 11.7 Å². The third-order valence-corrected chi connectivity index (χ3v) is 2.66. The minimum absolute atomic E-state index is 0.0747. The number of aromatic nitrogens is 2. The Bertz CT molecular complexity index is 357. The molecule has 0 aromatic carbocycles. The van der Waals surface area contributed by atoms with Crippen molar-refractivity contribution in [1.29, 1.82) is 0 Å². The van der Waals surface area contributed by atoms with Gasteiger partial charge in [-0.1, -0.05) is 0 Å². The fourth-order valence-corrected chi connectivity index (χ4v) is 2.15. The second-order valence-electron chi connectivity index (χ2n) is 2.08. The Hall–Kier alpha value is -0.690. The average molecular weight is 208 g/mol. The van der Waals surface area contributed by atoms with Crippen molar-refractivity contribution in [3.05, 3.63) is 0 Å². The van der Waals surface area contributed by atoms with Crippen molar-refractivity contribution in [2.24, 2.45) is 0 Å². The predicted octanol–water partition coefficient (Wildman–Crippen LogP) is 0.340. The molecule has 0 saturated carbocycles. The number of hydrogen-bond donors (Lipinski definition) is 0. The standard InChI is InChI=1S/C5H8N2O3S2/c1-3-10-4-5(7-11-6-4)12(2,8)9/h3H2,1-2H3. The summed E-state index contributed by atoms with van der Waals surface area (Å²) < 4.78 is 34.3. The molecule has 1 aromatic rings. The lowest BCUT2D eigenvalue weighted by Crippen LogP contribution is -2.02. The summed E-state index contributed by atoms with van der Waals surface area (Å²) in [6.45, 7) is 2.14. The molecule has 0 spiro atoms. The Labute approximate surface area is 74.6 Å². The van der Waals surface area contributed by atoms with Crippen LogP contribution in [0.15, 0.2) is 5.03 Å². The second-order valence-corrected chi connectivity index (χ2v) is 4.54. The summed E-state index contributed by atoms with van der Waals surface area (Å²) >= 11 is 0.829. The van der Waals surface area contributed by atoms with Gasteiger partial charge in [-0.3, -0.25) is 0 Å². The van der Waals surface area contributed by atoms with Crippen molar-refractivity contribution < 1.29 is 13.2 Å². The predicted molar refractivity (Wildman–Crippen MR) is 44.2 cm³/mol. The molecule has 12 heavy (non-hydrogen) atoms. The van der Waals surface area contributed by atoms with Gasteiger partial charge >= 0.3 is 0 Å². The maximum atomic E-state index is 11.0. The number of ether oxygens (including phenoxy) is 1. The fraction of sp³-hybridized carbons (Fsp3) is 0.600. The summed E-state index contributed by atoms with van der Waals surface area (Å²) in [6, 6.07) is 0. The molecule has 1 heterocycles. The normalized spacial score (nSPS) is 11.5. The molecule has 0 bridgehead atoms. The molecule has 0 amide bonds. The maximum absolute atomic E-state index is 11.0. The summed E-state index contributed by atoms with van der Waals surface area (Å²) in [7, 11) is -3.30. The summed E-state index contributed by atoms with van der Waals surface area (Å²) in [4.78, 5) is 0. The van der Waals surface area contributed by atoms with Gasteiger partial charge in [0.05, 0.1) is 18.3 Å². The van der Waals surface area contributed by atoms with Crippen LogP contribution in [0.3, 0.4) is 0 Å². The highest BCUT2D eigenvalue weighted by atomic mass is 32.2. The lowest BCUT2D eigenvalue weighted by molar-refractivity contribution is 0.320. The molecule has 1 rings (SSSR count). The van der Waals surface area contributed by atoms with E-state index in [2.05, 4.69) is 8.75 Å². The Balaban J connectivity index is 3.08. The van der Waals surface area contributed by atoms with Crippen LogP contribution in [0.1, 0.15) is 6.92 Å². The van der Waals surface area contributed by atoms with Gasteiger partial charge in [-0.2, -0.15) is 4.37 Å². The van der Waals surface area contributed by atoms with E-state index in [-0.39, 0.29) is 10.9 Å². The van der Waals surface area contributed by atoms with Crippen molar-refractivity contribution in [2.45, 2.75) is 11.9 Å². The van der Waals surface area contributed by atoms with Gasteiger partial charge in [-0.15, -0.1) is 4.37 Å². The molecule has 1 aromatic heterocycles. The van der Waals surface area contributed by atoms with Gasteiger partial charge in [0.2, 0.25) is 5.03 Å². The average Bonchev–Trinajstić information content (AvgIpc) is 2.34. The molecule has 68 valence electrons. The van der Waals surface area contributed by atoms with E-state index in [1.54, 1.807) is 6.92 Å². The number of rotatable bonds is 3. The third kappa shape index (κ3) is 1.92. The Morgan fingerprint density at radius 3 is 2.67 bits per heavy atom. The lowest BCUT2D eigenvalue weighted by Gasteiger charge is -1.97. The van der Waals surface area contributed by atoms with Crippen molar-refractivity contribution in [1.82, 2.24) is 8.75 Å². The van der Waals surface area contributed by atoms with Crippen LogP contribution in [-0.2, 0) is 9.84 Å². The highest BCUT2D eigenvalue weighted by Gasteiger charge is 2.19. The molecule has 0 aliphatic heterocycles. The van der Waals surface area contributed by atoms with E-state index >= 15 is 0 Å². The first-order valence-corrected chi connectivity index (χ1v) is 5.83. The van der Waals surface area contributed by atoms with E-state index < -0.39 is 9.84 Å². The smallest absolute Gasteiger partial charge is 0.265 e. The Morgan fingerprint density at radius 2 is 2.17 bits per heavy atom. The van der Waals surface area contributed by atoms with E-state index in [0.717, 1.165) is 18.0 Å². The molecular weight excluding hydrogens is 200 g/mol. The molecule has 0 aliphatic rings. The molecular formula is C5H8N2O3S2. The van der Waals surface area contributed by atoms with E-state index in [4.69, 9.17) is 4.74 Å². The van der Waals surface area contributed by atoms with Crippen LogP contribution in [0.25, 0.3) is 0 Å². The van der Waals surface area contributed by atoms with Crippen molar-refractivity contribution in [2.75, 3.05) is 12.9 Å². The molecule has 0 unspecified atom stereocenters. The molecule has 0 radical (unpaired) electrons. The zero-order chi connectivity index (χ0) is 9.19. The van der Waals surface area contributed by atoms with E-state index in [0.29, 0.717) is 6.61 Å². The first kappa shape index (κ1) is 9.40. The molecule has 0 aliphatic carbocycles. The summed E-state index contributed by atoms with van der Waals surface area (Å²) in [5.74, 6) is 0.102. The molecule has 0 N–H and O–H groups in total. The van der Waals surface area contributed by atoms with Gasteiger partial charge in [0.15, 0.2) is 9.84 Å². The molecule has 5 nitrogen and oxygen atoms in total. The fourth-order valence-electron chi connectivity index (χ4n) is 0.624.